The Hall–Kier alpha value is -0.530. The van der Waals surface area contributed by atoms with E-state index in [-0.39, 0.29) is 0 Å². The standard InChI is InChI=1S/C12H21N3O2S2/c1-2-7-13-8-6-11-14-15-12(18-11)10-5-3-4-9-19(10,16)17/h10,13H,2-9H2,1H3. The minimum atomic E-state index is -3.00. The number of hydrogen-bond acceptors (Lipinski definition) is 6. The van der Waals surface area contributed by atoms with Crippen LogP contribution in [0.1, 0.15) is 47.9 Å². The van der Waals surface area contributed by atoms with Gasteiger partial charge in [0.15, 0.2) is 9.84 Å². The molecule has 1 unspecified atom stereocenters. The van der Waals surface area contributed by atoms with Gasteiger partial charge in [0.25, 0.3) is 0 Å². The number of rotatable bonds is 6. The molecule has 0 amide bonds. The van der Waals surface area contributed by atoms with Crippen molar-refractivity contribution in [3.05, 3.63) is 10.0 Å². The molecule has 1 fully saturated rings. The van der Waals surface area contributed by atoms with Gasteiger partial charge in [0.05, 0.1) is 5.75 Å². The first-order chi connectivity index (χ1) is 9.13. The lowest BCUT2D eigenvalue weighted by molar-refractivity contribution is 0.544. The lowest BCUT2D eigenvalue weighted by Crippen LogP contribution is -2.21. The summed E-state index contributed by atoms with van der Waals surface area (Å²) in [5.74, 6) is 0.296. The van der Waals surface area contributed by atoms with E-state index in [2.05, 4.69) is 22.4 Å². The second-order valence-electron chi connectivity index (χ2n) is 4.89. The minimum absolute atomic E-state index is 0.296. The van der Waals surface area contributed by atoms with Crippen molar-refractivity contribution in [2.45, 2.75) is 44.3 Å². The molecule has 1 aromatic heterocycles. The van der Waals surface area contributed by atoms with Crippen molar-refractivity contribution in [3.8, 4) is 0 Å². The molecule has 7 heteroatoms. The molecule has 2 rings (SSSR count). The number of aromatic nitrogens is 2. The summed E-state index contributed by atoms with van der Waals surface area (Å²) >= 11 is 1.46. The van der Waals surface area contributed by atoms with E-state index in [1.807, 2.05) is 0 Å². The maximum Gasteiger partial charge on any atom is 0.159 e. The molecule has 0 bridgehead atoms. The van der Waals surface area contributed by atoms with Crippen LogP contribution in [0.2, 0.25) is 0 Å². The quantitative estimate of drug-likeness (QED) is 0.810. The Kier molecular flexibility index (Phi) is 5.29. The van der Waals surface area contributed by atoms with Gasteiger partial charge in [-0.3, -0.25) is 0 Å². The Morgan fingerprint density at radius 3 is 2.89 bits per heavy atom. The van der Waals surface area contributed by atoms with E-state index in [0.29, 0.717) is 17.2 Å². The second-order valence-corrected chi connectivity index (χ2v) is 8.28. The Balaban J connectivity index is 1.96. The van der Waals surface area contributed by atoms with Crippen molar-refractivity contribution in [2.24, 2.45) is 0 Å². The average molecular weight is 303 g/mol. The fraction of sp³-hybridized carbons (Fsp3) is 0.833. The zero-order valence-corrected chi connectivity index (χ0v) is 12.9. The van der Waals surface area contributed by atoms with E-state index >= 15 is 0 Å². The van der Waals surface area contributed by atoms with Crippen molar-refractivity contribution < 1.29 is 8.42 Å². The fourth-order valence-electron chi connectivity index (χ4n) is 2.23. The largest absolute Gasteiger partial charge is 0.316 e. The van der Waals surface area contributed by atoms with Crippen LogP contribution in [-0.4, -0.2) is 37.5 Å². The molecule has 108 valence electrons. The van der Waals surface area contributed by atoms with Crippen molar-refractivity contribution in [1.29, 1.82) is 0 Å². The molecule has 0 aromatic carbocycles. The third-order valence-corrected chi connectivity index (χ3v) is 6.71. The van der Waals surface area contributed by atoms with E-state index in [1.54, 1.807) is 0 Å². The molecule has 2 heterocycles. The lowest BCUT2D eigenvalue weighted by Gasteiger charge is -2.19. The number of hydrogen-bond donors (Lipinski definition) is 1. The van der Waals surface area contributed by atoms with Gasteiger partial charge in [0, 0.05) is 13.0 Å². The van der Waals surface area contributed by atoms with Gasteiger partial charge < -0.3 is 5.32 Å². The van der Waals surface area contributed by atoms with E-state index < -0.39 is 15.1 Å². The van der Waals surface area contributed by atoms with Crippen LogP contribution < -0.4 is 5.32 Å². The molecule has 1 aliphatic rings. The zero-order chi connectivity index (χ0) is 13.7. The molecule has 0 aliphatic carbocycles. The molecule has 0 saturated carbocycles. The summed E-state index contributed by atoms with van der Waals surface area (Å²) in [5, 5.41) is 12.7. The second kappa shape index (κ2) is 6.76. The van der Waals surface area contributed by atoms with Crippen LogP contribution in [0.3, 0.4) is 0 Å². The Morgan fingerprint density at radius 1 is 1.32 bits per heavy atom. The molecule has 1 atom stereocenters. The summed E-state index contributed by atoms with van der Waals surface area (Å²) in [6.45, 7) is 4.01. The van der Waals surface area contributed by atoms with Crippen molar-refractivity contribution in [2.75, 3.05) is 18.8 Å². The maximum atomic E-state index is 12.0. The molecule has 1 aliphatic heterocycles. The van der Waals surface area contributed by atoms with E-state index in [9.17, 15) is 8.42 Å². The van der Waals surface area contributed by atoms with Crippen LogP contribution >= 0.6 is 11.3 Å². The number of sulfone groups is 1. The Morgan fingerprint density at radius 2 is 2.16 bits per heavy atom. The molecule has 0 spiro atoms. The highest BCUT2D eigenvalue weighted by Gasteiger charge is 2.32. The molecule has 1 aromatic rings. The third-order valence-electron chi connectivity index (χ3n) is 3.28. The fourth-order valence-corrected chi connectivity index (χ4v) is 5.44. The first kappa shape index (κ1) is 14.9. The summed E-state index contributed by atoms with van der Waals surface area (Å²) in [7, 11) is -3.00. The predicted octanol–water partition coefficient (Wildman–Crippen LogP) is 1.72. The summed E-state index contributed by atoms with van der Waals surface area (Å²) in [5.41, 5.74) is 0. The molecule has 5 nitrogen and oxygen atoms in total. The van der Waals surface area contributed by atoms with Gasteiger partial charge in [-0.25, -0.2) is 8.42 Å². The number of nitrogens with zero attached hydrogens (tertiary/aromatic N) is 2. The van der Waals surface area contributed by atoms with Crippen molar-refractivity contribution in [1.82, 2.24) is 15.5 Å². The number of nitrogens with one attached hydrogen (secondary N) is 1. The van der Waals surface area contributed by atoms with Gasteiger partial charge in [-0.2, -0.15) is 0 Å². The molecule has 1 N–H and O–H groups in total. The monoisotopic (exact) mass is 303 g/mol. The van der Waals surface area contributed by atoms with Crippen molar-refractivity contribution in [3.63, 3.8) is 0 Å². The van der Waals surface area contributed by atoms with Gasteiger partial charge >= 0.3 is 0 Å². The first-order valence-electron chi connectivity index (χ1n) is 6.88. The van der Waals surface area contributed by atoms with Crippen LogP contribution in [0.25, 0.3) is 0 Å². The summed E-state index contributed by atoms with van der Waals surface area (Å²) < 4.78 is 24.0. The lowest BCUT2D eigenvalue weighted by atomic mass is 10.2. The van der Waals surface area contributed by atoms with Crippen LogP contribution in [0, 0.1) is 0 Å². The van der Waals surface area contributed by atoms with E-state index in [1.165, 1.54) is 11.3 Å². The SMILES string of the molecule is CCCNCCc1nnc(C2CCCCS2(=O)=O)s1. The topological polar surface area (TPSA) is 72.0 Å². The predicted molar refractivity (Wildman–Crippen MR) is 77.2 cm³/mol. The molecule has 0 radical (unpaired) electrons. The van der Waals surface area contributed by atoms with Crippen LogP contribution in [0.15, 0.2) is 0 Å². The average Bonchev–Trinajstić information content (AvgIpc) is 2.82. The normalized spacial score (nSPS) is 22.5. The zero-order valence-electron chi connectivity index (χ0n) is 11.3. The first-order valence-corrected chi connectivity index (χ1v) is 9.41. The minimum Gasteiger partial charge on any atom is -0.316 e. The van der Waals surface area contributed by atoms with Gasteiger partial charge in [0.1, 0.15) is 15.3 Å². The highest BCUT2D eigenvalue weighted by molar-refractivity contribution is 7.91. The molecular formula is C12H21N3O2S2. The van der Waals surface area contributed by atoms with Gasteiger partial charge in [-0.1, -0.05) is 13.3 Å². The Bertz CT molecular complexity index is 499. The summed E-state index contributed by atoms with van der Waals surface area (Å²) in [6, 6.07) is 0. The Labute approximate surface area is 118 Å². The summed E-state index contributed by atoms with van der Waals surface area (Å²) in [6.07, 6.45) is 4.39. The molecular weight excluding hydrogens is 282 g/mol. The third kappa shape index (κ3) is 3.97. The maximum absolute atomic E-state index is 12.0. The van der Waals surface area contributed by atoms with Crippen LogP contribution in [-0.2, 0) is 16.3 Å². The van der Waals surface area contributed by atoms with Gasteiger partial charge in [0.2, 0.25) is 0 Å². The highest BCUT2D eigenvalue weighted by Crippen LogP contribution is 2.34. The molecule has 1 saturated heterocycles. The van der Waals surface area contributed by atoms with Crippen LogP contribution in [0.5, 0.6) is 0 Å². The highest BCUT2D eigenvalue weighted by atomic mass is 32.2. The van der Waals surface area contributed by atoms with Gasteiger partial charge in [-0.05, 0) is 25.8 Å². The van der Waals surface area contributed by atoms with E-state index in [4.69, 9.17) is 0 Å². The van der Waals surface area contributed by atoms with E-state index in [0.717, 1.165) is 43.8 Å². The summed E-state index contributed by atoms with van der Waals surface area (Å²) in [4.78, 5) is 0. The van der Waals surface area contributed by atoms with Crippen LogP contribution in [0.4, 0.5) is 0 Å². The molecule has 19 heavy (non-hydrogen) atoms. The smallest absolute Gasteiger partial charge is 0.159 e. The van der Waals surface area contributed by atoms with Gasteiger partial charge in [-0.15, -0.1) is 21.5 Å². The van der Waals surface area contributed by atoms with Crippen molar-refractivity contribution >= 4 is 21.2 Å².